The number of rotatable bonds is 3. The number of hydrogen-bond acceptors (Lipinski definition) is 3. The van der Waals surface area contributed by atoms with Crippen LogP contribution in [-0.4, -0.2) is 9.13 Å². The van der Waals surface area contributed by atoms with Gasteiger partial charge in [-0.15, -0.1) is 0 Å². The van der Waals surface area contributed by atoms with Crippen LogP contribution in [0.25, 0.3) is 88.1 Å². The number of furan rings is 1. The maximum absolute atomic E-state index is 9.84. The first-order chi connectivity index (χ1) is 24.2. The van der Waals surface area contributed by atoms with E-state index in [4.69, 9.17) is 4.42 Å². The van der Waals surface area contributed by atoms with E-state index in [1.807, 2.05) is 42.5 Å². The Kier molecular flexibility index (Phi) is 5.64. The largest absolute Gasteiger partial charge is 0.455 e. The van der Waals surface area contributed by atoms with Crippen molar-refractivity contribution in [3.05, 3.63) is 157 Å². The summed E-state index contributed by atoms with van der Waals surface area (Å²) in [4.78, 5) is 0. The molecule has 0 radical (unpaired) electrons. The molecule has 226 valence electrons. The predicted molar refractivity (Wildman–Crippen MR) is 197 cm³/mol. The first-order valence-electron chi connectivity index (χ1n) is 16.1. The standard InChI is InChI=1S/C44H24N4O/c45-25-27-18-20-40-37(22-27)34-14-2-3-16-38(34)47(40)31-11-5-8-28(23-31)29-9-6-12-32(24-29)48-39-17-4-1-13-33(39)35-19-21-41-42(43(35)48)36-15-7-10-30(26-46)44(36)49-41/h1-24H. The highest BCUT2D eigenvalue weighted by Gasteiger charge is 2.20. The van der Waals surface area contributed by atoms with E-state index in [0.29, 0.717) is 16.7 Å². The number of nitrogens with zero attached hydrogens (tertiary/aromatic N) is 4. The van der Waals surface area contributed by atoms with Crippen LogP contribution in [0.15, 0.2) is 150 Å². The number of hydrogen-bond donors (Lipinski definition) is 0. The Balaban J connectivity index is 1.20. The highest BCUT2D eigenvalue weighted by atomic mass is 16.3. The molecule has 0 N–H and O–H groups in total. The third-order valence-corrected chi connectivity index (χ3v) is 9.76. The molecule has 0 fully saturated rings. The summed E-state index contributed by atoms with van der Waals surface area (Å²) in [7, 11) is 0. The molecule has 0 amide bonds. The summed E-state index contributed by atoms with van der Waals surface area (Å²) in [5.74, 6) is 0. The number of benzene rings is 7. The van der Waals surface area contributed by atoms with Gasteiger partial charge < -0.3 is 13.6 Å². The molecule has 3 aromatic heterocycles. The number of fused-ring (bicyclic) bond motifs is 10. The molecule has 0 bridgehead atoms. The van der Waals surface area contributed by atoms with Gasteiger partial charge in [-0.3, -0.25) is 0 Å². The maximum Gasteiger partial charge on any atom is 0.153 e. The van der Waals surface area contributed by atoms with Gasteiger partial charge in [-0.1, -0.05) is 72.8 Å². The van der Waals surface area contributed by atoms with E-state index in [1.165, 1.54) is 0 Å². The zero-order valence-electron chi connectivity index (χ0n) is 26.1. The molecule has 0 saturated heterocycles. The Labute approximate surface area is 280 Å². The zero-order chi connectivity index (χ0) is 32.6. The Hall–Kier alpha value is -7.08. The number of para-hydroxylation sites is 3. The van der Waals surface area contributed by atoms with E-state index < -0.39 is 0 Å². The lowest BCUT2D eigenvalue weighted by Gasteiger charge is -2.13. The fraction of sp³-hybridized carbons (Fsp3) is 0. The van der Waals surface area contributed by atoms with E-state index in [0.717, 1.165) is 82.5 Å². The highest BCUT2D eigenvalue weighted by Crippen LogP contribution is 2.42. The van der Waals surface area contributed by atoms with Crippen molar-refractivity contribution in [1.29, 1.82) is 10.5 Å². The smallest absolute Gasteiger partial charge is 0.153 e. The summed E-state index contributed by atoms with van der Waals surface area (Å²) >= 11 is 0. The molecule has 0 aliphatic heterocycles. The molecule has 0 spiro atoms. The molecule has 0 aliphatic rings. The zero-order valence-corrected chi connectivity index (χ0v) is 26.1. The van der Waals surface area contributed by atoms with Crippen LogP contribution in [0.4, 0.5) is 0 Å². The Bertz CT molecular complexity index is 3090. The average Bonchev–Trinajstić information content (AvgIpc) is 3.82. The topological polar surface area (TPSA) is 70.6 Å². The lowest BCUT2D eigenvalue weighted by molar-refractivity contribution is 0.668. The second-order valence-electron chi connectivity index (χ2n) is 12.4. The van der Waals surface area contributed by atoms with Crippen LogP contribution >= 0.6 is 0 Å². The Morgan fingerprint density at radius 3 is 1.84 bits per heavy atom. The first kappa shape index (κ1) is 27.1. The minimum Gasteiger partial charge on any atom is -0.455 e. The van der Waals surface area contributed by atoms with Crippen LogP contribution in [0.3, 0.4) is 0 Å². The van der Waals surface area contributed by atoms with Crippen molar-refractivity contribution in [2.45, 2.75) is 0 Å². The van der Waals surface area contributed by atoms with Crippen molar-refractivity contribution in [2.24, 2.45) is 0 Å². The molecule has 0 unspecified atom stereocenters. The van der Waals surface area contributed by atoms with E-state index in [1.54, 1.807) is 6.07 Å². The van der Waals surface area contributed by atoms with Crippen molar-refractivity contribution in [2.75, 3.05) is 0 Å². The van der Waals surface area contributed by atoms with Gasteiger partial charge >= 0.3 is 0 Å². The fourth-order valence-corrected chi connectivity index (χ4v) is 7.66. The van der Waals surface area contributed by atoms with Crippen LogP contribution < -0.4 is 0 Å². The molecule has 5 heteroatoms. The summed E-state index contributed by atoms with van der Waals surface area (Å²) in [6.45, 7) is 0. The molecule has 0 saturated carbocycles. The van der Waals surface area contributed by atoms with Gasteiger partial charge in [-0.25, -0.2) is 0 Å². The molecule has 10 aromatic rings. The van der Waals surface area contributed by atoms with Crippen molar-refractivity contribution < 1.29 is 4.42 Å². The third-order valence-electron chi connectivity index (χ3n) is 9.76. The lowest BCUT2D eigenvalue weighted by atomic mass is 10.0. The van der Waals surface area contributed by atoms with Gasteiger partial charge in [0.2, 0.25) is 0 Å². The Morgan fingerprint density at radius 1 is 0.469 bits per heavy atom. The molecule has 0 atom stereocenters. The second kappa shape index (κ2) is 10.2. The highest BCUT2D eigenvalue weighted by molar-refractivity contribution is 6.25. The van der Waals surface area contributed by atoms with Crippen molar-refractivity contribution in [3.63, 3.8) is 0 Å². The van der Waals surface area contributed by atoms with Crippen LogP contribution in [-0.2, 0) is 0 Å². The molecular formula is C44H24N4O. The molecule has 7 aromatic carbocycles. The minimum atomic E-state index is 0.528. The van der Waals surface area contributed by atoms with Gasteiger partial charge in [0.1, 0.15) is 11.7 Å². The van der Waals surface area contributed by atoms with Crippen molar-refractivity contribution in [1.82, 2.24) is 9.13 Å². The van der Waals surface area contributed by atoms with Gasteiger partial charge in [-0.2, -0.15) is 10.5 Å². The molecule has 3 heterocycles. The monoisotopic (exact) mass is 624 g/mol. The van der Waals surface area contributed by atoms with Gasteiger partial charge in [0.05, 0.1) is 44.6 Å². The normalized spacial score (nSPS) is 11.6. The molecular weight excluding hydrogens is 601 g/mol. The maximum atomic E-state index is 9.84. The fourth-order valence-electron chi connectivity index (χ4n) is 7.66. The predicted octanol–water partition coefficient (Wildman–Crippen LogP) is 11.2. The van der Waals surface area contributed by atoms with E-state index >= 15 is 0 Å². The van der Waals surface area contributed by atoms with Gasteiger partial charge in [-0.05, 0) is 83.9 Å². The average molecular weight is 625 g/mol. The molecule has 5 nitrogen and oxygen atoms in total. The Morgan fingerprint density at radius 2 is 1.10 bits per heavy atom. The lowest BCUT2D eigenvalue weighted by Crippen LogP contribution is -1.96. The number of nitriles is 2. The van der Waals surface area contributed by atoms with Gasteiger partial charge in [0.25, 0.3) is 0 Å². The molecule has 0 aliphatic carbocycles. The van der Waals surface area contributed by atoms with E-state index in [-0.39, 0.29) is 0 Å². The van der Waals surface area contributed by atoms with Crippen LogP contribution in [0.5, 0.6) is 0 Å². The summed E-state index contributed by atoms with van der Waals surface area (Å²) in [6.07, 6.45) is 0. The van der Waals surface area contributed by atoms with Crippen molar-refractivity contribution in [3.8, 4) is 34.6 Å². The third kappa shape index (κ3) is 3.85. The van der Waals surface area contributed by atoms with Gasteiger partial charge in [0, 0.05) is 38.3 Å². The molecule has 49 heavy (non-hydrogen) atoms. The molecule has 10 rings (SSSR count). The van der Waals surface area contributed by atoms with Crippen molar-refractivity contribution >= 4 is 65.6 Å². The van der Waals surface area contributed by atoms with Gasteiger partial charge in [0.15, 0.2) is 5.58 Å². The summed E-state index contributed by atoms with van der Waals surface area (Å²) in [5, 5.41) is 25.8. The first-order valence-corrected chi connectivity index (χ1v) is 16.1. The van der Waals surface area contributed by atoms with E-state index in [9.17, 15) is 10.5 Å². The summed E-state index contributed by atoms with van der Waals surface area (Å²) in [6, 6.07) is 54.6. The summed E-state index contributed by atoms with van der Waals surface area (Å²) < 4.78 is 10.9. The SMILES string of the molecule is N#Cc1ccc2c(c1)c1ccccc1n2-c1cccc(-c2cccc(-n3c4ccccc4c4ccc5oc6c(C#N)cccc6c5c43)c2)c1. The minimum absolute atomic E-state index is 0.528. The quantitative estimate of drug-likeness (QED) is 0.196. The van der Waals surface area contributed by atoms with Crippen LogP contribution in [0.1, 0.15) is 11.1 Å². The number of aromatic nitrogens is 2. The van der Waals surface area contributed by atoms with Crippen LogP contribution in [0.2, 0.25) is 0 Å². The van der Waals surface area contributed by atoms with Crippen LogP contribution in [0, 0.1) is 22.7 Å². The summed E-state index contributed by atoms with van der Waals surface area (Å²) in [5.41, 5.74) is 11.1. The van der Waals surface area contributed by atoms with E-state index in [2.05, 4.69) is 118 Å². The second-order valence-corrected chi connectivity index (χ2v) is 12.4.